The highest BCUT2D eigenvalue weighted by molar-refractivity contribution is 7.99. The molecule has 0 amide bonds. The summed E-state index contributed by atoms with van der Waals surface area (Å²) >= 11 is 1.01. The van der Waals surface area contributed by atoms with Crippen LogP contribution in [-0.4, -0.2) is 49.0 Å². The molecule has 0 saturated carbocycles. The van der Waals surface area contributed by atoms with Crippen molar-refractivity contribution in [3.8, 4) is 22.5 Å². The second kappa shape index (κ2) is 7.76. The van der Waals surface area contributed by atoms with E-state index in [-0.39, 0.29) is 5.75 Å². The minimum Gasteiger partial charge on any atom is -0.481 e. The fraction of sp³-hybridized carbons (Fsp3) is 0.105. The van der Waals surface area contributed by atoms with Crippen molar-refractivity contribution in [2.75, 3.05) is 12.9 Å². The molecular weight excluding hydrogens is 394 g/mol. The third-order valence-electron chi connectivity index (χ3n) is 4.24. The van der Waals surface area contributed by atoms with Gasteiger partial charge in [0.05, 0.1) is 10.7 Å². The van der Waals surface area contributed by atoms with Crippen LogP contribution in [-0.2, 0) is 9.63 Å². The number of carboxylic acid groups (broad SMARTS) is 1. The van der Waals surface area contributed by atoms with Gasteiger partial charge in [0.25, 0.3) is 4.92 Å². The molecule has 2 aromatic heterocycles. The minimum atomic E-state index is -0.951. The van der Waals surface area contributed by atoms with E-state index in [1.54, 1.807) is 12.1 Å². The Bertz CT molecular complexity index is 1220. The lowest BCUT2D eigenvalue weighted by Crippen LogP contribution is -1.99. The molecule has 0 spiro atoms. The van der Waals surface area contributed by atoms with E-state index >= 15 is 0 Å². The molecule has 0 unspecified atom stereocenters. The summed E-state index contributed by atoms with van der Waals surface area (Å²) in [5.41, 5.74) is 3.66. The highest BCUT2D eigenvalue weighted by atomic mass is 32.2. The Hall–Kier alpha value is -3.66. The number of carbonyl (C=O) groups is 1. The number of benzene rings is 2. The van der Waals surface area contributed by atoms with Gasteiger partial charge in [-0.3, -0.25) is 9.89 Å². The number of fused-ring (bicyclic) bond motifs is 1. The van der Waals surface area contributed by atoms with Crippen molar-refractivity contribution in [3.05, 3.63) is 53.6 Å². The topological polar surface area (TPSA) is 124 Å². The fourth-order valence-corrected chi connectivity index (χ4v) is 3.44. The van der Waals surface area contributed by atoms with Crippen molar-refractivity contribution in [2.45, 2.75) is 5.16 Å². The van der Waals surface area contributed by atoms with E-state index in [9.17, 15) is 9.70 Å². The number of hydrogen-bond donors (Lipinski definition) is 3. The number of carboxylic acids is 1. The number of H-pyrrole nitrogens is 2. The lowest BCUT2D eigenvalue weighted by atomic mass is 10.0. The molecule has 0 saturated heterocycles. The van der Waals surface area contributed by atoms with Crippen LogP contribution >= 0.6 is 11.8 Å². The molecule has 0 radical (unpaired) electrons. The molecule has 0 aliphatic carbocycles. The van der Waals surface area contributed by atoms with Crippen molar-refractivity contribution in [1.82, 2.24) is 20.2 Å². The molecule has 9 nitrogen and oxygen atoms in total. The Kier molecular flexibility index (Phi) is 5.00. The molecule has 2 aromatic carbocycles. The summed E-state index contributed by atoms with van der Waals surface area (Å²) < 4.78 is 0. The second-order valence-corrected chi connectivity index (χ2v) is 7.08. The molecule has 29 heavy (non-hydrogen) atoms. The van der Waals surface area contributed by atoms with E-state index in [4.69, 9.17) is 9.94 Å². The summed E-state index contributed by atoms with van der Waals surface area (Å²) in [5, 5.41) is 17.0. The predicted molar refractivity (Wildman–Crippen MR) is 108 cm³/mol. The quantitative estimate of drug-likeness (QED) is 0.313. The molecule has 0 fully saturated rings. The first-order chi connectivity index (χ1) is 14.0. The van der Waals surface area contributed by atoms with Gasteiger partial charge in [-0.05, 0) is 40.8 Å². The van der Waals surface area contributed by atoms with Gasteiger partial charge in [-0.25, -0.2) is 9.82 Å². The standard InChI is InChI=1S/C19H15N5O4S/c1-28-24(27)15-8-13(11-2-3-16-12(6-11)4-5-20-16)7-14(9-15)18-21-19(23-22-18)29-10-17(25)26/h2-9,20H,10H2,1H3,(H-,21,22,23,25,26)/p+1. The average molecular weight is 410 g/mol. The van der Waals surface area contributed by atoms with E-state index in [1.165, 1.54) is 7.11 Å². The Morgan fingerprint density at radius 3 is 2.79 bits per heavy atom. The number of nitrogens with one attached hydrogen (secondary N) is 2. The van der Waals surface area contributed by atoms with Crippen molar-refractivity contribution in [3.63, 3.8) is 0 Å². The SMILES string of the molecule is CO[N+](=O)c1cc(-c2ccc3[nH]ccc3c2)cc(-c2nc(SCC(=O)O)n[nH]2)c1. The first-order valence-corrected chi connectivity index (χ1v) is 9.53. The largest absolute Gasteiger partial charge is 0.481 e. The highest BCUT2D eigenvalue weighted by Gasteiger charge is 2.20. The number of aliphatic carboxylic acids is 1. The van der Waals surface area contributed by atoms with Gasteiger partial charge >= 0.3 is 11.7 Å². The molecule has 2 heterocycles. The lowest BCUT2D eigenvalue weighted by molar-refractivity contribution is -0.736. The zero-order chi connectivity index (χ0) is 20.4. The molecule has 4 rings (SSSR count). The molecule has 0 bridgehead atoms. The van der Waals surface area contributed by atoms with E-state index in [2.05, 4.69) is 20.2 Å². The Balaban J connectivity index is 1.76. The van der Waals surface area contributed by atoms with Gasteiger partial charge in [0.2, 0.25) is 5.16 Å². The maximum absolute atomic E-state index is 12.1. The van der Waals surface area contributed by atoms with Crippen LogP contribution in [0, 0.1) is 4.91 Å². The van der Waals surface area contributed by atoms with E-state index in [0.29, 0.717) is 27.2 Å². The number of nitrogens with zero attached hydrogens (tertiary/aromatic N) is 3. The number of thioether (sulfide) groups is 1. The zero-order valence-electron chi connectivity index (χ0n) is 15.2. The smallest absolute Gasteiger partial charge is 0.318 e. The van der Waals surface area contributed by atoms with Crippen LogP contribution in [0.3, 0.4) is 0 Å². The number of rotatable bonds is 7. The number of aromatic nitrogens is 4. The van der Waals surface area contributed by atoms with Crippen LogP contribution in [0.2, 0.25) is 0 Å². The summed E-state index contributed by atoms with van der Waals surface area (Å²) in [4.78, 5) is 35.5. The molecule has 0 aliphatic rings. The maximum atomic E-state index is 12.1. The molecule has 146 valence electrons. The summed E-state index contributed by atoms with van der Waals surface area (Å²) in [6.45, 7) is 0. The van der Waals surface area contributed by atoms with Crippen molar-refractivity contribution in [2.24, 2.45) is 0 Å². The second-order valence-electron chi connectivity index (χ2n) is 6.14. The Morgan fingerprint density at radius 2 is 2.00 bits per heavy atom. The fourth-order valence-electron chi connectivity index (χ4n) is 2.92. The summed E-state index contributed by atoms with van der Waals surface area (Å²) in [5.74, 6) is -0.668. The predicted octanol–water partition coefficient (Wildman–Crippen LogP) is 3.77. The maximum Gasteiger partial charge on any atom is 0.318 e. The highest BCUT2D eigenvalue weighted by Crippen LogP contribution is 2.32. The molecule has 0 aliphatic heterocycles. The number of hydrogen-bond acceptors (Lipinski definition) is 6. The Morgan fingerprint density at radius 1 is 1.17 bits per heavy atom. The Labute approximate surface area is 168 Å². The molecule has 4 aromatic rings. The lowest BCUT2D eigenvalue weighted by Gasteiger charge is -2.05. The third kappa shape index (κ3) is 3.97. The normalized spacial score (nSPS) is 10.9. The number of aromatic amines is 2. The van der Waals surface area contributed by atoms with Gasteiger partial charge in [-0.15, -0.1) is 5.10 Å². The van der Waals surface area contributed by atoms with E-state index < -0.39 is 5.97 Å². The van der Waals surface area contributed by atoms with Crippen LogP contribution < -0.4 is 0 Å². The van der Waals surface area contributed by atoms with E-state index in [0.717, 1.165) is 33.8 Å². The monoisotopic (exact) mass is 410 g/mol. The van der Waals surface area contributed by atoms with Gasteiger partial charge in [0.15, 0.2) is 12.9 Å². The third-order valence-corrected chi connectivity index (χ3v) is 5.08. The zero-order valence-corrected chi connectivity index (χ0v) is 16.1. The molecular formula is C19H16N5O4S+. The molecule has 0 atom stereocenters. The van der Waals surface area contributed by atoms with Gasteiger partial charge < -0.3 is 10.1 Å². The van der Waals surface area contributed by atoms with Gasteiger partial charge in [-0.1, -0.05) is 17.8 Å². The average Bonchev–Trinajstić information content (AvgIpc) is 3.40. The van der Waals surface area contributed by atoms with Gasteiger partial charge in [-0.2, -0.15) is 0 Å². The molecule has 3 N–H and O–H groups in total. The van der Waals surface area contributed by atoms with Gasteiger partial charge in [0.1, 0.15) is 0 Å². The van der Waals surface area contributed by atoms with Crippen molar-refractivity contribution < 1.29 is 19.7 Å². The van der Waals surface area contributed by atoms with Crippen LogP contribution in [0.25, 0.3) is 33.4 Å². The van der Waals surface area contributed by atoms with Crippen molar-refractivity contribution in [1.29, 1.82) is 0 Å². The minimum absolute atomic E-state index is 0.142. The summed E-state index contributed by atoms with van der Waals surface area (Å²) in [6, 6.07) is 13.2. The van der Waals surface area contributed by atoms with Crippen molar-refractivity contribution >= 4 is 34.3 Å². The first kappa shape index (κ1) is 18.7. The van der Waals surface area contributed by atoms with Crippen LogP contribution in [0.1, 0.15) is 0 Å². The van der Waals surface area contributed by atoms with Crippen LogP contribution in [0.4, 0.5) is 5.69 Å². The van der Waals surface area contributed by atoms with E-state index in [1.807, 2.05) is 36.5 Å². The first-order valence-electron chi connectivity index (χ1n) is 8.55. The van der Waals surface area contributed by atoms with Crippen LogP contribution in [0.5, 0.6) is 0 Å². The summed E-state index contributed by atoms with van der Waals surface area (Å²) in [6.07, 6.45) is 1.87. The summed E-state index contributed by atoms with van der Waals surface area (Å²) in [7, 11) is 1.29. The molecule has 10 heteroatoms. The van der Waals surface area contributed by atoms with Gasteiger partial charge in [0, 0.05) is 29.4 Å². The van der Waals surface area contributed by atoms with Crippen LogP contribution in [0.15, 0.2) is 53.8 Å².